The van der Waals surface area contributed by atoms with Gasteiger partial charge < -0.3 is 10.5 Å². The van der Waals surface area contributed by atoms with E-state index in [1.807, 2.05) is 0 Å². The van der Waals surface area contributed by atoms with E-state index in [0.717, 1.165) is 12.8 Å². The summed E-state index contributed by atoms with van der Waals surface area (Å²) in [5.74, 6) is 0.185. The van der Waals surface area contributed by atoms with Crippen molar-refractivity contribution in [3.05, 3.63) is 28.8 Å². The van der Waals surface area contributed by atoms with Gasteiger partial charge in [0.05, 0.1) is 10.6 Å². The molecule has 1 fully saturated rings. The molecule has 1 aromatic carbocycles. The molecule has 0 spiro atoms. The molecule has 0 radical (unpaired) electrons. The van der Waals surface area contributed by atoms with Gasteiger partial charge in [0.25, 0.3) is 0 Å². The zero-order chi connectivity index (χ0) is 14.9. The summed E-state index contributed by atoms with van der Waals surface area (Å²) in [5, 5.41) is 0.382. The van der Waals surface area contributed by atoms with Crippen LogP contribution < -0.4 is 5.73 Å². The van der Waals surface area contributed by atoms with Crippen molar-refractivity contribution < 1.29 is 9.53 Å². The normalized spacial score (nSPS) is 25.2. The van der Waals surface area contributed by atoms with Crippen LogP contribution in [0.5, 0.6) is 0 Å². The second-order valence-electron chi connectivity index (χ2n) is 6.68. The molecule has 1 aliphatic carbocycles. The summed E-state index contributed by atoms with van der Waals surface area (Å²) in [7, 11) is 0. The van der Waals surface area contributed by atoms with E-state index in [2.05, 4.69) is 20.8 Å². The Morgan fingerprint density at radius 2 is 2.10 bits per heavy atom. The third-order valence-electron chi connectivity index (χ3n) is 3.83. The Balaban J connectivity index is 2.09. The van der Waals surface area contributed by atoms with E-state index in [4.69, 9.17) is 22.1 Å². The molecule has 0 saturated heterocycles. The molecule has 0 bridgehead atoms. The third kappa shape index (κ3) is 3.66. The number of nitrogen functional groups attached to an aromatic ring is 1. The summed E-state index contributed by atoms with van der Waals surface area (Å²) in [6, 6.07) is 4.87. The van der Waals surface area contributed by atoms with Gasteiger partial charge in [-0.25, -0.2) is 4.79 Å². The number of nitrogens with two attached hydrogens (primary N) is 1. The maximum atomic E-state index is 12.2. The van der Waals surface area contributed by atoms with Crippen LogP contribution in [0.1, 0.15) is 50.4 Å². The first kappa shape index (κ1) is 15.2. The van der Waals surface area contributed by atoms with Crippen LogP contribution >= 0.6 is 11.6 Å². The average molecular weight is 296 g/mol. The van der Waals surface area contributed by atoms with Gasteiger partial charge in [-0.2, -0.15) is 0 Å². The lowest BCUT2D eigenvalue weighted by Crippen LogP contribution is -2.34. The number of esters is 1. The standard InChI is InChI=1S/C16H22ClNO2/c1-10-6-12(9-16(2,3)8-10)20-15(19)13-7-11(18)4-5-14(13)17/h4-5,7,10,12H,6,8-9,18H2,1-3H3. The van der Waals surface area contributed by atoms with Gasteiger partial charge in [-0.15, -0.1) is 0 Å². The van der Waals surface area contributed by atoms with Gasteiger partial charge in [-0.3, -0.25) is 0 Å². The number of hydrogen-bond acceptors (Lipinski definition) is 3. The predicted octanol–water partition coefficient (Wildman–Crippen LogP) is 4.29. The summed E-state index contributed by atoms with van der Waals surface area (Å²) in [6.45, 7) is 6.64. The van der Waals surface area contributed by atoms with E-state index in [1.54, 1.807) is 18.2 Å². The number of benzene rings is 1. The molecule has 1 aromatic rings. The maximum absolute atomic E-state index is 12.2. The summed E-state index contributed by atoms with van der Waals surface area (Å²) in [6.07, 6.45) is 2.93. The van der Waals surface area contributed by atoms with Gasteiger partial charge in [0.15, 0.2) is 0 Å². The van der Waals surface area contributed by atoms with Gasteiger partial charge in [0.2, 0.25) is 0 Å². The van der Waals surface area contributed by atoms with Crippen LogP contribution in [0, 0.1) is 11.3 Å². The Kier molecular flexibility index (Phi) is 4.28. The number of rotatable bonds is 2. The second kappa shape index (κ2) is 5.65. The number of carbonyl (C=O) groups is 1. The summed E-state index contributed by atoms with van der Waals surface area (Å²) >= 11 is 6.04. The third-order valence-corrected chi connectivity index (χ3v) is 4.16. The fourth-order valence-electron chi connectivity index (χ4n) is 3.26. The Labute approximate surface area is 125 Å². The summed E-state index contributed by atoms with van der Waals surface area (Å²) < 4.78 is 5.64. The van der Waals surface area contributed by atoms with Crippen molar-refractivity contribution in [2.75, 3.05) is 5.73 Å². The molecule has 3 nitrogen and oxygen atoms in total. The number of halogens is 1. The van der Waals surface area contributed by atoms with E-state index in [-0.39, 0.29) is 17.5 Å². The van der Waals surface area contributed by atoms with E-state index in [9.17, 15) is 4.79 Å². The highest BCUT2D eigenvalue weighted by Gasteiger charge is 2.34. The van der Waals surface area contributed by atoms with E-state index in [1.165, 1.54) is 6.42 Å². The molecular weight excluding hydrogens is 274 g/mol. The molecule has 2 rings (SSSR count). The lowest BCUT2D eigenvalue weighted by Gasteiger charge is -2.38. The number of hydrogen-bond donors (Lipinski definition) is 1. The Hall–Kier alpha value is -1.22. The number of carbonyl (C=O) groups excluding carboxylic acids is 1. The minimum absolute atomic E-state index is 0.0428. The highest BCUT2D eigenvalue weighted by Crippen LogP contribution is 2.40. The fraction of sp³-hybridized carbons (Fsp3) is 0.562. The number of ether oxygens (including phenoxy) is 1. The predicted molar refractivity (Wildman–Crippen MR) is 81.9 cm³/mol. The van der Waals surface area contributed by atoms with Gasteiger partial charge in [-0.1, -0.05) is 32.4 Å². The first-order valence-corrected chi connectivity index (χ1v) is 7.41. The van der Waals surface area contributed by atoms with Gasteiger partial charge in [0.1, 0.15) is 6.10 Å². The second-order valence-corrected chi connectivity index (χ2v) is 7.09. The summed E-state index contributed by atoms with van der Waals surface area (Å²) in [4.78, 5) is 12.2. The average Bonchev–Trinajstić information content (AvgIpc) is 2.29. The highest BCUT2D eigenvalue weighted by atomic mass is 35.5. The molecule has 1 saturated carbocycles. The first-order chi connectivity index (χ1) is 9.27. The number of anilines is 1. The highest BCUT2D eigenvalue weighted by molar-refractivity contribution is 6.33. The van der Waals surface area contributed by atoms with Crippen LogP contribution in [0.25, 0.3) is 0 Å². The zero-order valence-electron chi connectivity index (χ0n) is 12.3. The molecule has 2 unspecified atom stereocenters. The van der Waals surface area contributed by atoms with E-state index >= 15 is 0 Å². The zero-order valence-corrected chi connectivity index (χ0v) is 13.0. The van der Waals surface area contributed by atoms with Crippen LogP contribution in [0.3, 0.4) is 0 Å². The fourth-order valence-corrected chi connectivity index (χ4v) is 3.46. The molecular formula is C16H22ClNO2. The lowest BCUT2D eigenvalue weighted by molar-refractivity contribution is -0.00712. The monoisotopic (exact) mass is 295 g/mol. The van der Waals surface area contributed by atoms with Crippen LogP contribution in [0.2, 0.25) is 5.02 Å². The Bertz CT molecular complexity index is 513. The smallest absolute Gasteiger partial charge is 0.340 e. The van der Waals surface area contributed by atoms with E-state index in [0.29, 0.717) is 22.2 Å². The van der Waals surface area contributed by atoms with Crippen molar-refractivity contribution in [3.63, 3.8) is 0 Å². The van der Waals surface area contributed by atoms with Crippen LogP contribution in [0.15, 0.2) is 18.2 Å². The van der Waals surface area contributed by atoms with Crippen LogP contribution in [-0.4, -0.2) is 12.1 Å². The van der Waals surface area contributed by atoms with Crippen molar-refractivity contribution in [2.24, 2.45) is 11.3 Å². The van der Waals surface area contributed by atoms with Crippen molar-refractivity contribution in [3.8, 4) is 0 Å². The molecule has 2 N–H and O–H groups in total. The van der Waals surface area contributed by atoms with Gasteiger partial charge >= 0.3 is 5.97 Å². The molecule has 0 aromatic heterocycles. The lowest BCUT2D eigenvalue weighted by atomic mass is 9.71. The molecule has 0 aliphatic heterocycles. The van der Waals surface area contributed by atoms with Gasteiger partial charge in [-0.05, 0) is 48.8 Å². The van der Waals surface area contributed by atoms with Crippen molar-refractivity contribution in [1.29, 1.82) is 0 Å². The maximum Gasteiger partial charge on any atom is 0.340 e. The summed E-state index contributed by atoms with van der Waals surface area (Å²) in [5.41, 5.74) is 6.77. The van der Waals surface area contributed by atoms with Crippen molar-refractivity contribution >= 4 is 23.3 Å². The molecule has 0 amide bonds. The van der Waals surface area contributed by atoms with Crippen molar-refractivity contribution in [2.45, 2.75) is 46.1 Å². The Morgan fingerprint density at radius 3 is 2.75 bits per heavy atom. The minimum atomic E-state index is -0.378. The largest absolute Gasteiger partial charge is 0.459 e. The SMILES string of the molecule is CC1CC(OC(=O)c2cc(N)ccc2Cl)CC(C)(C)C1. The molecule has 1 aliphatic rings. The quantitative estimate of drug-likeness (QED) is 0.654. The van der Waals surface area contributed by atoms with Crippen LogP contribution in [-0.2, 0) is 4.74 Å². The Morgan fingerprint density at radius 1 is 1.40 bits per heavy atom. The molecule has 0 heterocycles. The molecule has 20 heavy (non-hydrogen) atoms. The van der Waals surface area contributed by atoms with Crippen LogP contribution in [0.4, 0.5) is 5.69 Å². The van der Waals surface area contributed by atoms with Crippen molar-refractivity contribution in [1.82, 2.24) is 0 Å². The van der Waals surface area contributed by atoms with Gasteiger partial charge in [0, 0.05) is 5.69 Å². The minimum Gasteiger partial charge on any atom is -0.459 e. The molecule has 110 valence electrons. The molecule has 4 heteroatoms. The van der Waals surface area contributed by atoms with E-state index < -0.39 is 0 Å². The topological polar surface area (TPSA) is 52.3 Å². The molecule has 2 atom stereocenters. The first-order valence-electron chi connectivity index (χ1n) is 7.03.